The molecule has 2 atom stereocenters. The number of ether oxygens (including phenoxy) is 1. The van der Waals surface area contributed by atoms with Crippen molar-refractivity contribution in [3.63, 3.8) is 0 Å². The first-order valence-electron chi connectivity index (χ1n) is 3.84. The Kier molecular flexibility index (Phi) is 1.92. The summed E-state index contributed by atoms with van der Waals surface area (Å²) in [7, 11) is 1.64. The van der Waals surface area contributed by atoms with Crippen LogP contribution in [0.5, 0.6) is 0 Å². The van der Waals surface area contributed by atoms with Crippen molar-refractivity contribution < 1.29 is 9.53 Å². The van der Waals surface area contributed by atoms with Crippen LogP contribution in [0, 0.1) is 5.92 Å². The summed E-state index contributed by atoms with van der Waals surface area (Å²) in [5.74, 6) is 0.108. The van der Waals surface area contributed by atoms with Crippen LogP contribution in [0.1, 0.15) is 20.8 Å². The zero-order chi connectivity index (χ0) is 8.65. The van der Waals surface area contributed by atoms with Crippen LogP contribution in [-0.2, 0) is 9.53 Å². The highest BCUT2D eigenvalue weighted by molar-refractivity contribution is 5.86. The smallest absolute Gasteiger partial charge is 0.228 e. The van der Waals surface area contributed by atoms with Crippen LogP contribution in [0.3, 0.4) is 0 Å². The summed E-state index contributed by atoms with van der Waals surface area (Å²) >= 11 is 0. The molecule has 0 radical (unpaired) electrons. The first-order chi connectivity index (χ1) is 4.99. The van der Waals surface area contributed by atoms with E-state index >= 15 is 0 Å². The predicted octanol–water partition coefficient (Wildman–Crippen LogP) is 0.546. The molecule has 1 rings (SSSR count). The van der Waals surface area contributed by atoms with E-state index in [-0.39, 0.29) is 23.5 Å². The van der Waals surface area contributed by atoms with Gasteiger partial charge in [0.15, 0.2) is 0 Å². The molecule has 3 nitrogen and oxygen atoms in total. The minimum absolute atomic E-state index is 0.00694. The van der Waals surface area contributed by atoms with Gasteiger partial charge in [0, 0.05) is 13.2 Å². The van der Waals surface area contributed by atoms with Crippen molar-refractivity contribution in [2.45, 2.75) is 32.4 Å². The lowest BCUT2D eigenvalue weighted by Gasteiger charge is -2.43. The summed E-state index contributed by atoms with van der Waals surface area (Å²) in [5.41, 5.74) is -0.332. The first-order valence-corrected chi connectivity index (χ1v) is 3.84. The van der Waals surface area contributed by atoms with Crippen molar-refractivity contribution >= 4 is 5.91 Å². The number of carbonyl (C=O) groups excluding carboxylic acids is 1. The molecule has 0 saturated carbocycles. The molecule has 64 valence electrons. The van der Waals surface area contributed by atoms with Crippen LogP contribution >= 0.6 is 0 Å². The van der Waals surface area contributed by atoms with Gasteiger partial charge >= 0.3 is 0 Å². The van der Waals surface area contributed by atoms with Crippen LogP contribution in [0.4, 0.5) is 0 Å². The maximum absolute atomic E-state index is 11.1. The molecule has 0 unspecified atom stereocenters. The molecule has 1 aliphatic rings. The third kappa shape index (κ3) is 1.25. The van der Waals surface area contributed by atoms with Crippen LogP contribution in [0.25, 0.3) is 0 Å². The van der Waals surface area contributed by atoms with Gasteiger partial charge in [-0.15, -0.1) is 0 Å². The van der Waals surface area contributed by atoms with E-state index in [4.69, 9.17) is 4.74 Å². The topological polar surface area (TPSA) is 38.3 Å². The second kappa shape index (κ2) is 2.48. The molecular weight excluding hydrogens is 142 g/mol. The molecule has 1 amide bonds. The normalized spacial score (nSPS) is 31.1. The van der Waals surface area contributed by atoms with Crippen LogP contribution in [0.15, 0.2) is 0 Å². The maximum Gasteiger partial charge on any atom is 0.228 e. The Hall–Kier alpha value is -0.570. The molecule has 1 N–H and O–H groups in total. The summed E-state index contributed by atoms with van der Waals surface area (Å²) in [6.07, 6.45) is 0. The Morgan fingerprint density at radius 1 is 1.55 bits per heavy atom. The number of rotatable bonds is 2. The number of hydrogen-bond acceptors (Lipinski definition) is 2. The Morgan fingerprint density at radius 3 is 2.27 bits per heavy atom. The van der Waals surface area contributed by atoms with Crippen molar-refractivity contribution in [2.24, 2.45) is 5.92 Å². The summed E-state index contributed by atoms with van der Waals surface area (Å²) < 4.78 is 5.22. The number of nitrogens with one attached hydrogen (secondary N) is 1. The number of β-lactam (4-membered cyclic amide) rings is 1. The zero-order valence-electron chi connectivity index (χ0n) is 7.47. The number of methoxy groups -OCH3 is 1. The van der Waals surface area contributed by atoms with E-state index in [0.29, 0.717) is 0 Å². The third-order valence-electron chi connectivity index (χ3n) is 2.43. The van der Waals surface area contributed by atoms with Gasteiger partial charge in [0.1, 0.15) is 0 Å². The second-order valence-electron chi connectivity index (χ2n) is 3.58. The molecular formula is C8H15NO2. The monoisotopic (exact) mass is 157 g/mol. The first kappa shape index (κ1) is 8.53. The lowest BCUT2D eigenvalue weighted by atomic mass is 9.79. The average molecular weight is 157 g/mol. The Morgan fingerprint density at radius 2 is 2.09 bits per heavy atom. The predicted molar refractivity (Wildman–Crippen MR) is 42.2 cm³/mol. The lowest BCUT2D eigenvalue weighted by molar-refractivity contribution is -0.150. The molecule has 11 heavy (non-hydrogen) atoms. The van der Waals surface area contributed by atoms with Gasteiger partial charge in [0.2, 0.25) is 5.91 Å². The molecule has 0 aromatic heterocycles. The van der Waals surface area contributed by atoms with Crippen molar-refractivity contribution in [1.82, 2.24) is 5.32 Å². The van der Waals surface area contributed by atoms with Gasteiger partial charge < -0.3 is 10.1 Å². The Labute approximate surface area is 67.1 Å². The fraction of sp³-hybridized carbons (Fsp3) is 0.875. The number of amides is 1. The molecule has 0 bridgehead atoms. The van der Waals surface area contributed by atoms with Crippen molar-refractivity contribution in [3.05, 3.63) is 0 Å². The van der Waals surface area contributed by atoms with Crippen molar-refractivity contribution in [2.75, 3.05) is 7.11 Å². The fourth-order valence-electron chi connectivity index (χ4n) is 1.57. The SMILES string of the molecule is COC(C)(C)[C@@H]1C(=O)N[C@@H]1C. The quantitative estimate of drug-likeness (QED) is 0.594. The van der Waals surface area contributed by atoms with Crippen LogP contribution < -0.4 is 5.32 Å². The standard InChI is InChI=1S/C8H15NO2/c1-5-6(7(10)9-5)8(2,3)11-4/h5-6H,1-4H3,(H,9,10)/t5-,6+/m1/s1. The third-order valence-corrected chi connectivity index (χ3v) is 2.43. The van der Waals surface area contributed by atoms with Gasteiger partial charge in [-0.1, -0.05) is 0 Å². The lowest BCUT2D eigenvalue weighted by Crippen LogP contribution is -2.64. The van der Waals surface area contributed by atoms with Gasteiger partial charge in [0.25, 0.3) is 0 Å². The van der Waals surface area contributed by atoms with Gasteiger partial charge in [-0.2, -0.15) is 0 Å². The molecule has 0 aromatic carbocycles. The molecule has 3 heteroatoms. The average Bonchev–Trinajstić information content (AvgIpc) is 1.86. The summed E-state index contributed by atoms with van der Waals surface area (Å²) in [4.78, 5) is 11.1. The Bertz CT molecular complexity index is 177. The zero-order valence-corrected chi connectivity index (χ0v) is 7.47. The van der Waals surface area contributed by atoms with Crippen LogP contribution in [0.2, 0.25) is 0 Å². The summed E-state index contributed by atoms with van der Waals surface area (Å²) in [6.45, 7) is 5.87. The second-order valence-corrected chi connectivity index (χ2v) is 3.58. The van der Waals surface area contributed by atoms with Gasteiger partial charge in [0.05, 0.1) is 11.5 Å². The highest BCUT2D eigenvalue weighted by Gasteiger charge is 2.46. The molecule has 0 aliphatic carbocycles. The minimum Gasteiger partial charge on any atom is -0.378 e. The molecule has 1 saturated heterocycles. The highest BCUT2D eigenvalue weighted by atomic mass is 16.5. The van der Waals surface area contributed by atoms with E-state index in [9.17, 15) is 4.79 Å². The largest absolute Gasteiger partial charge is 0.378 e. The number of hydrogen-bond donors (Lipinski definition) is 1. The van der Waals surface area contributed by atoms with Crippen molar-refractivity contribution in [3.8, 4) is 0 Å². The van der Waals surface area contributed by atoms with Crippen LogP contribution in [-0.4, -0.2) is 24.7 Å². The maximum atomic E-state index is 11.1. The minimum atomic E-state index is -0.332. The Balaban J connectivity index is 2.66. The molecule has 1 fully saturated rings. The molecule has 1 heterocycles. The van der Waals surface area contributed by atoms with E-state index in [1.54, 1.807) is 7.11 Å². The van der Waals surface area contributed by atoms with Gasteiger partial charge in [-0.25, -0.2) is 0 Å². The van der Waals surface area contributed by atoms with E-state index in [2.05, 4.69) is 5.32 Å². The van der Waals surface area contributed by atoms with E-state index in [0.717, 1.165) is 0 Å². The molecule has 0 spiro atoms. The van der Waals surface area contributed by atoms with E-state index < -0.39 is 0 Å². The van der Waals surface area contributed by atoms with Gasteiger partial charge in [-0.3, -0.25) is 4.79 Å². The fourth-order valence-corrected chi connectivity index (χ4v) is 1.57. The van der Waals surface area contributed by atoms with Crippen molar-refractivity contribution in [1.29, 1.82) is 0 Å². The molecule has 1 aliphatic heterocycles. The number of carbonyl (C=O) groups is 1. The van der Waals surface area contributed by atoms with E-state index in [1.807, 2.05) is 20.8 Å². The van der Waals surface area contributed by atoms with Gasteiger partial charge in [-0.05, 0) is 20.8 Å². The highest BCUT2D eigenvalue weighted by Crippen LogP contribution is 2.29. The summed E-state index contributed by atoms with van der Waals surface area (Å²) in [5, 5.41) is 2.78. The van der Waals surface area contributed by atoms with E-state index in [1.165, 1.54) is 0 Å². The summed E-state index contributed by atoms with van der Waals surface area (Å²) in [6, 6.07) is 0.248. The molecule has 0 aromatic rings.